The summed E-state index contributed by atoms with van der Waals surface area (Å²) in [4.78, 5) is 0. The van der Waals surface area contributed by atoms with Crippen LogP contribution < -0.4 is 0 Å². The molecule has 0 spiro atoms. The Balaban J connectivity index is -0.000000209. The molecule has 3 radical (unpaired) electrons. The van der Waals surface area contributed by atoms with Crippen LogP contribution in [0.15, 0.2) is 0 Å². The molecule has 0 saturated carbocycles. The van der Waals surface area contributed by atoms with Crippen LogP contribution in [0.3, 0.4) is 0 Å². The molecule has 0 saturated heterocycles. The third-order valence-corrected chi connectivity index (χ3v) is 1.61. The van der Waals surface area contributed by atoms with Crippen LogP contribution in [0.2, 0.25) is 0 Å². The van der Waals surface area contributed by atoms with Crippen molar-refractivity contribution in [1.82, 2.24) is 0 Å². The van der Waals surface area contributed by atoms with Gasteiger partial charge in [-0.05, 0) is 26.7 Å². The number of hydrogen-bond donors (Lipinski definition) is 2. The molecular formula is C11H26BO2. The number of unbranched alkanes of at least 4 members (excludes halogenated alkanes) is 2. The fourth-order valence-electron chi connectivity index (χ4n) is 0.834. The molecule has 85 valence electrons. The van der Waals surface area contributed by atoms with Gasteiger partial charge >= 0.3 is 0 Å². The maximum absolute atomic E-state index is 9.08. The summed E-state index contributed by atoms with van der Waals surface area (Å²) < 4.78 is 0. The average Bonchev–Trinajstić information content (AvgIpc) is 2.03. The SMILES string of the molecule is CC(C)O.CCCCCC(O)CC.[B]. The van der Waals surface area contributed by atoms with Gasteiger partial charge in [-0.15, -0.1) is 0 Å². The van der Waals surface area contributed by atoms with Gasteiger partial charge in [0.05, 0.1) is 6.10 Å². The first-order chi connectivity index (χ1) is 6.04. The topological polar surface area (TPSA) is 40.5 Å². The predicted molar refractivity (Wildman–Crippen MR) is 63.5 cm³/mol. The Morgan fingerprint density at radius 2 is 1.43 bits per heavy atom. The Morgan fingerprint density at radius 3 is 1.71 bits per heavy atom. The molecule has 14 heavy (non-hydrogen) atoms. The van der Waals surface area contributed by atoms with E-state index in [1.807, 2.05) is 6.92 Å². The molecule has 2 N–H and O–H groups in total. The summed E-state index contributed by atoms with van der Waals surface area (Å²) in [6.07, 6.45) is 5.38. The maximum Gasteiger partial charge on any atom is 0.0537 e. The van der Waals surface area contributed by atoms with Crippen molar-refractivity contribution in [3.63, 3.8) is 0 Å². The Bertz CT molecular complexity index is 84.6. The van der Waals surface area contributed by atoms with E-state index in [4.69, 9.17) is 10.2 Å². The van der Waals surface area contributed by atoms with Gasteiger partial charge in [-0.2, -0.15) is 0 Å². The number of rotatable bonds is 5. The van der Waals surface area contributed by atoms with E-state index in [0.717, 1.165) is 12.8 Å². The third kappa shape index (κ3) is 29.6. The van der Waals surface area contributed by atoms with E-state index in [1.165, 1.54) is 19.3 Å². The van der Waals surface area contributed by atoms with Crippen molar-refractivity contribution in [2.24, 2.45) is 0 Å². The van der Waals surface area contributed by atoms with E-state index in [2.05, 4.69) is 6.92 Å². The molecular weight excluding hydrogens is 175 g/mol. The fraction of sp³-hybridized carbons (Fsp3) is 1.00. The normalized spacial score (nSPS) is 11.4. The van der Waals surface area contributed by atoms with E-state index in [9.17, 15) is 0 Å². The summed E-state index contributed by atoms with van der Waals surface area (Å²) in [5.74, 6) is 0. The Hall–Kier alpha value is -0.0151. The Labute approximate surface area is 91.3 Å². The van der Waals surface area contributed by atoms with Gasteiger partial charge in [0.2, 0.25) is 0 Å². The van der Waals surface area contributed by atoms with E-state index < -0.39 is 0 Å². The zero-order valence-electron chi connectivity index (χ0n) is 10.2. The van der Waals surface area contributed by atoms with Crippen molar-refractivity contribution in [2.75, 3.05) is 0 Å². The second kappa shape index (κ2) is 15.5. The highest BCUT2D eigenvalue weighted by Gasteiger charge is 1.97. The van der Waals surface area contributed by atoms with Crippen molar-refractivity contribution >= 4 is 8.41 Å². The quantitative estimate of drug-likeness (QED) is 0.529. The molecule has 0 bridgehead atoms. The molecule has 1 unspecified atom stereocenters. The lowest BCUT2D eigenvalue weighted by Gasteiger charge is -2.04. The Morgan fingerprint density at radius 1 is 1.00 bits per heavy atom. The van der Waals surface area contributed by atoms with Crippen molar-refractivity contribution in [3.8, 4) is 0 Å². The van der Waals surface area contributed by atoms with Gasteiger partial charge in [-0.3, -0.25) is 0 Å². The smallest absolute Gasteiger partial charge is 0.0537 e. The zero-order chi connectivity index (χ0) is 10.7. The molecule has 2 nitrogen and oxygen atoms in total. The van der Waals surface area contributed by atoms with Gasteiger partial charge in [0.1, 0.15) is 0 Å². The van der Waals surface area contributed by atoms with Crippen LogP contribution in [0.4, 0.5) is 0 Å². The lowest BCUT2D eigenvalue weighted by molar-refractivity contribution is 0.156. The highest BCUT2D eigenvalue weighted by Crippen LogP contribution is 2.04. The van der Waals surface area contributed by atoms with E-state index in [0.29, 0.717) is 0 Å². The lowest BCUT2D eigenvalue weighted by atomic mass is 10.1. The van der Waals surface area contributed by atoms with Crippen LogP contribution in [0.25, 0.3) is 0 Å². The molecule has 0 aliphatic rings. The molecule has 0 aromatic carbocycles. The first-order valence-corrected chi connectivity index (χ1v) is 5.40. The monoisotopic (exact) mass is 201 g/mol. The van der Waals surface area contributed by atoms with Gasteiger partial charge < -0.3 is 10.2 Å². The van der Waals surface area contributed by atoms with Crippen molar-refractivity contribution < 1.29 is 10.2 Å². The number of hydrogen-bond acceptors (Lipinski definition) is 2. The van der Waals surface area contributed by atoms with Gasteiger partial charge in [-0.1, -0.05) is 33.1 Å². The van der Waals surface area contributed by atoms with Gasteiger partial charge in [-0.25, -0.2) is 0 Å². The lowest BCUT2D eigenvalue weighted by Crippen LogP contribution is -2.02. The van der Waals surface area contributed by atoms with Gasteiger partial charge in [0, 0.05) is 14.5 Å². The van der Waals surface area contributed by atoms with Crippen molar-refractivity contribution in [1.29, 1.82) is 0 Å². The molecule has 0 heterocycles. The third-order valence-electron chi connectivity index (χ3n) is 1.61. The maximum atomic E-state index is 9.08. The van der Waals surface area contributed by atoms with Crippen molar-refractivity contribution in [2.45, 2.75) is 72.0 Å². The van der Waals surface area contributed by atoms with Crippen molar-refractivity contribution in [3.05, 3.63) is 0 Å². The number of aliphatic hydroxyl groups is 2. The van der Waals surface area contributed by atoms with E-state index in [1.54, 1.807) is 13.8 Å². The standard InChI is InChI=1S/C8H18O.C3H8O.B/c1-3-5-6-7-8(9)4-2;1-3(2)4;/h8-9H,3-7H2,1-2H3;3-4H,1-2H3;. The zero-order valence-corrected chi connectivity index (χ0v) is 10.2. The summed E-state index contributed by atoms with van der Waals surface area (Å²) in [6, 6.07) is 0. The molecule has 0 rings (SSSR count). The summed E-state index contributed by atoms with van der Waals surface area (Å²) in [7, 11) is 0. The van der Waals surface area contributed by atoms with E-state index >= 15 is 0 Å². The summed E-state index contributed by atoms with van der Waals surface area (Å²) in [5.41, 5.74) is 0. The summed E-state index contributed by atoms with van der Waals surface area (Å²) in [6.45, 7) is 7.65. The summed E-state index contributed by atoms with van der Waals surface area (Å²) in [5, 5.41) is 17.1. The number of aliphatic hydroxyl groups excluding tert-OH is 2. The van der Waals surface area contributed by atoms with E-state index in [-0.39, 0.29) is 20.6 Å². The van der Waals surface area contributed by atoms with Gasteiger partial charge in [0.15, 0.2) is 0 Å². The van der Waals surface area contributed by atoms with Crippen LogP contribution in [0, 0.1) is 0 Å². The molecule has 1 atom stereocenters. The summed E-state index contributed by atoms with van der Waals surface area (Å²) >= 11 is 0. The van der Waals surface area contributed by atoms with Gasteiger partial charge in [0.25, 0.3) is 0 Å². The highest BCUT2D eigenvalue weighted by atomic mass is 16.3. The van der Waals surface area contributed by atoms with Crippen LogP contribution >= 0.6 is 0 Å². The first kappa shape index (κ1) is 19.5. The minimum atomic E-state index is -0.167. The Kier molecular flexibility index (Phi) is 21.6. The van der Waals surface area contributed by atoms with Crippen LogP contribution in [-0.4, -0.2) is 30.8 Å². The minimum Gasteiger partial charge on any atom is -0.394 e. The second-order valence-electron chi connectivity index (χ2n) is 3.65. The molecule has 0 amide bonds. The average molecular weight is 201 g/mol. The molecule has 0 aliphatic heterocycles. The molecule has 0 fully saturated rings. The van der Waals surface area contributed by atoms with Crippen LogP contribution in [-0.2, 0) is 0 Å². The second-order valence-corrected chi connectivity index (χ2v) is 3.65. The predicted octanol–water partition coefficient (Wildman–Crippen LogP) is 2.34. The minimum absolute atomic E-state index is 0. The molecule has 0 aromatic rings. The molecule has 0 aromatic heterocycles. The fourth-order valence-corrected chi connectivity index (χ4v) is 0.834. The van der Waals surface area contributed by atoms with Crippen LogP contribution in [0.5, 0.6) is 0 Å². The first-order valence-electron chi connectivity index (χ1n) is 5.40. The molecule has 3 heteroatoms. The largest absolute Gasteiger partial charge is 0.394 e. The molecule has 0 aliphatic carbocycles. The van der Waals surface area contributed by atoms with Crippen LogP contribution in [0.1, 0.15) is 59.8 Å². The highest BCUT2D eigenvalue weighted by molar-refractivity contribution is 5.75.